The summed E-state index contributed by atoms with van der Waals surface area (Å²) in [5, 5.41) is 8.48. The summed E-state index contributed by atoms with van der Waals surface area (Å²) < 4.78 is 8.48. The normalized spacial score (nSPS) is 17.7. The lowest BCUT2D eigenvalue weighted by atomic mass is 9.96. The Morgan fingerprint density at radius 2 is 2.18 bits per heavy atom. The van der Waals surface area contributed by atoms with Crippen LogP contribution in [0.3, 0.4) is 0 Å². The molecule has 0 aliphatic carbocycles. The first-order chi connectivity index (χ1) is 8.33. The molecule has 2 aromatic heterocycles. The van der Waals surface area contributed by atoms with Crippen LogP contribution in [-0.2, 0) is 11.2 Å². The Morgan fingerprint density at radius 1 is 1.35 bits per heavy atom. The molecule has 4 nitrogen and oxygen atoms in total. The van der Waals surface area contributed by atoms with E-state index in [1.165, 1.54) is 0 Å². The van der Waals surface area contributed by atoms with E-state index < -0.39 is 0 Å². The van der Waals surface area contributed by atoms with E-state index >= 15 is 0 Å². The molecule has 0 bridgehead atoms. The highest BCUT2D eigenvalue weighted by Crippen LogP contribution is 2.20. The van der Waals surface area contributed by atoms with Gasteiger partial charge in [-0.25, -0.2) is 0 Å². The van der Waals surface area contributed by atoms with Crippen LogP contribution in [0.5, 0.6) is 0 Å². The smallest absolute Gasteiger partial charge is 0.161 e. The maximum atomic E-state index is 5.37. The Kier molecular flexibility index (Phi) is 3.11. The lowest BCUT2D eigenvalue weighted by Gasteiger charge is -2.20. The summed E-state index contributed by atoms with van der Waals surface area (Å²) in [4.78, 5) is 0. The van der Waals surface area contributed by atoms with Crippen molar-refractivity contribution in [1.82, 2.24) is 14.6 Å². The molecule has 5 heteroatoms. The highest BCUT2D eigenvalue weighted by Gasteiger charge is 2.17. The lowest BCUT2D eigenvalue weighted by molar-refractivity contribution is 0.0659. The van der Waals surface area contributed by atoms with Crippen molar-refractivity contribution in [2.24, 2.45) is 5.92 Å². The second kappa shape index (κ2) is 4.74. The van der Waals surface area contributed by atoms with Gasteiger partial charge in [-0.15, -0.1) is 10.2 Å². The number of aromatic nitrogens is 3. The van der Waals surface area contributed by atoms with Crippen molar-refractivity contribution in [2.75, 3.05) is 13.2 Å². The Labute approximate surface area is 108 Å². The zero-order valence-electron chi connectivity index (χ0n) is 9.47. The molecule has 90 valence electrons. The zero-order valence-corrected chi connectivity index (χ0v) is 11.1. The Hall–Kier alpha value is -0.940. The molecule has 1 fully saturated rings. The first kappa shape index (κ1) is 11.2. The fourth-order valence-electron chi connectivity index (χ4n) is 2.26. The van der Waals surface area contributed by atoms with E-state index in [1.54, 1.807) is 0 Å². The monoisotopic (exact) mass is 295 g/mol. The highest BCUT2D eigenvalue weighted by atomic mass is 79.9. The van der Waals surface area contributed by atoms with Crippen LogP contribution < -0.4 is 0 Å². The number of ether oxygens (including phenoxy) is 1. The molecule has 17 heavy (non-hydrogen) atoms. The first-order valence-electron chi connectivity index (χ1n) is 5.90. The zero-order chi connectivity index (χ0) is 11.7. The van der Waals surface area contributed by atoms with Crippen molar-refractivity contribution in [3.05, 3.63) is 28.6 Å². The van der Waals surface area contributed by atoms with Gasteiger partial charge < -0.3 is 4.74 Å². The third kappa shape index (κ3) is 2.35. The predicted molar refractivity (Wildman–Crippen MR) is 67.9 cm³/mol. The van der Waals surface area contributed by atoms with Gasteiger partial charge in [0.1, 0.15) is 5.82 Å². The summed E-state index contributed by atoms with van der Waals surface area (Å²) in [7, 11) is 0. The molecule has 0 atom stereocenters. The van der Waals surface area contributed by atoms with Crippen LogP contribution in [0.1, 0.15) is 18.7 Å². The molecule has 0 N–H and O–H groups in total. The largest absolute Gasteiger partial charge is 0.381 e. The van der Waals surface area contributed by atoms with Gasteiger partial charge in [-0.1, -0.05) is 15.9 Å². The number of pyridine rings is 1. The number of rotatable bonds is 2. The predicted octanol–water partition coefficient (Wildman–Crippen LogP) is 2.46. The van der Waals surface area contributed by atoms with E-state index in [2.05, 4.69) is 30.5 Å². The van der Waals surface area contributed by atoms with Gasteiger partial charge in [0.05, 0.1) is 0 Å². The van der Waals surface area contributed by atoms with E-state index in [0.717, 1.165) is 48.4 Å². The van der Waals surface area contributed by atoms with Gasteiger partial charge in [-0.05, 0) is 30.9 Å². The summed E-state index contributed by atoms with van der Waals surface area (Å²) in [6, 6.07) is 4.00. The Morgan fingerprint density at radius 3 is 3.00 bits per heavy atom. The van der Waals surface area contributed by atoms with Crippen LogP contribution in [0, 0.1) is 5.92 Å². The van der Waals surface area contributed by atoms with Crippen LogP contribution in [0.4, 0.5) is 0 Å². The fourth-order valence-corrected chi connectivity index (χ4v) is 2.59. The number of hydrogen-bond donors (Lipinski definition) is 0. The van der Waals surface area contributed by atoms with E-state index in [1.807, 2.05) is 18.3 Å². The molecule has 0 radical (unpaired) electrons. The minimum atomic E-state index is 0.680. The summed E-state index contributed by atoms with van der Waals surface area (Å²) in [5.41, 5.74) is 0.904. The molecule has 0 amide bonds. The van der Waals surface area contributed by atoms with Crippen molar-refractivity contribution in [1.29, 1.82) is 0 Å². The molecule has 1 aliphatic heterocycles. The molecule has 0 aromatic carbocycles. The fraction of sp³-hybridized carbons (Fsp3) is 0.500. The topological polar surface area (TPSA) is 39.4 Å². The van der Waals surface area contributed by atoms with Gasteiger partial charge in [0.2, 0.25) is 0 Å². The van der Waals surface area contributed by atoms with Crippen LogP contribution in [0.15, 0.2) is 22.8 Å². The summed E-state index contributed by atoms with van der Waals surface area (Å²) in [5.74, 6) is 1.74. The molecule has 2 aromatic rings. The molecule has 0 unspecified atom stereocenters. The average Bonchev–Trinajstić information content (AvgIpc) is 2.73. The average molecular weight is 296 g/mol. The second-order valence-electron chi connectivity index (χ2n) is 4.45. The van der Waals surface area contributed by atoms with Gasteiger partial charge in [0.25, 0.3) is 0 Å². The highest BCUT2D eigenvalue weighted by molar-refractivity contribution is 9.10. The van der Waals surface area contributed by atoms with Gasteiger partial charge in [-0.3, -0.25) is 4.40 Å². The maximum absolute atomic E-state index is 5.37. The third-order valence-corrected chi connectivity index (χ3v) is 3.75. The van der Waals surface area contributed by atoms with Crippen LogP contribution in [0.2, 0.25) is 0 Å². The summed E-state index contributed by atoms with van der Waals surface area (Å²) in [6.45, 7) is 1.76. The molecule has 0 spiro atoms. The molecular weight excluding hydrogens is 282 g/mol. The van der Waals surface area contributed by atoms with Crippen LogP contribution in [0.25, 0.3) is 5.65 Å². The minimum absolute atomic E-state index is 0.680. The second-order valence-corrected chi connectivity index (χ2v) is 5.36. The maximum Gasteiger partial charge on any atom is 0.161 e. The van der Waals surface area contributed by atoms with Crippen molar-refractivity contribution in [2.45, 2.75) is 19.3 Å². The van der Waals surface area contributed by atoms with Crippen molar-refractivity contribution >= 4 is 21.6 Å². The Bertz CT molecular complexity index is 519. The molecule has 0 saturated carbocycles. The van der Waals surface area contributed by atoms with Gasteiger partial charge in [-0.2, -0.15) is 0 Å². The molecule has 1 aliphatic rings. The standard InChI is InChI=1S/C12H14BrN3O/c13-10-1-4-16-11(14-15-12(16)8-10)7-9-2-5-17-6-3-9/h1,4,8-9H,2-3,5-7H2. The van der Waals surface area contributed by atoms with Gasteiger partial charge >= 0.3 is 0 Å². The van der Waals surface area contributed by atoms with Crippen molar-refractivity contribution < 1.29 is 4.74 Å². The van der Waals surface area contributed by atoms with Crippen molar-refractivity contribution in [3.8, 4) is 0 Å². The Balaban J connectivity index is 1.84. The van der Waals surface area contributed by atoms with Gasteiger partial charge in [0, 0.05) is 30.3 Å². The van der Waals surface area contributed by atoms with Crippen LogP contribution in [-0.4, -0.2) is 27.8 Å². The molecule has 1 saturated heterocycles. The van der Waals surface area contributed by atoms with E-state index in [9.17, 15) is 0 Å². The summed E-state index contributed by atoms with van der Waals surface area (Å²) >= 11 is 3.44. The molecule has 3 heterocycles. The number of hydrogen-bond acceptors (Lipinski definition) is 3. The SMILES string of the molecule is Brc1ccn2c(CC3CCOCC3)nnc2c1. The number of halogens is 1. The number of nitrogens with zero attached hydrogens (tertiary/aromatic N) is 3. The van der Waals surface area contributed by atoms with E-state index in [-0.39, 0.29) is 0 Å². The third-order valence-electron chi connectivity index (χ3n) is 3.25. The van der Waals surface area contributed by atoms with E-state index in [4.69, 9.17) is 4.74 Å². The summed E-state index contributed by atoms with van der Waals surface area (Å²) in [6.07, 6.45) is 5.27. The molecular formula is C12H14BrN3O. The number of fused-ring (bicyclic) bond motifs is 1. The van der Waals surface area contributed by atoms with Gasteiger partial charge in [0.15, 0.2) is 5.65 Å². The van der Waals surface area contributed by atoms with E-state index in [0.29, 0.717) is 5.92 Å². The minimum Gasteiger partial charge on any atom is -0.381 e. The van der Waals surface area contributed by atoms with Crippen LogP contribution >= 0.6 is 15.9 Å². The first-order valence-corrected chi connectivity index (χ1v) is 6.69. The molecule has 3 rings (SSSR count). The quantitative estimate of drug-likeness (QED) is 0.854. The lowest BCUT2D eigenvalue weighted by Crippen LogP contribution is -2.18. The van der Waals surface area contributed by atoms with Crippen molar-refractivity contribution in [3.63, 3.8) is 0 Å².